The predicted octanol–water partition coefficient (Wildman–Crippen LogP) is 6.62. The van der Waals surface area contributed by atoms with Crippen LogP contribution in [0.4, 0.5) is 0 Å². The third-order valence-corrected chi connectivity index (χ3v) is 7.89. The summed E-state index contributed by atoms with van der Waals surface area (Å²) in [7, 11) is 0. The van der Waals surface area contributed by atoms with E-state index in [4.69, 9.17) is 17.5 Å². The van der Waals surface area contributed by atoms with Crippen molar-refractivity contribution in [3.8, 4) is 0 Å². The third kappa shape index (κ3) is 9.86. The van der Waals surface area contributed by atoms with E-state index in [2.05, 4.69) is 53.3 Å². The molecule has 2 rings (SSSR count). The second kappa shape index (κ2) is 16.3. The Kier molecular flexibility index (Phi) is 13.5. The van der Waals surface area contributed by atoms with Gasteiger partial charge in [-0.2, -0.15) is 0 Å². The minimum Gasteiger partial charge on any atom is -0.478 e. The van der Waals surface area contributed by atoms with E-state index in [1.807, 2.05) is 43.3 Å². The minimum absolute atomic E-state index is 0.0404. The largest absolute Gasteiger partial charge is 0.478 e. The maximum atomic E-state index is 11.7. The SMILES string of the molecule is C=C(C(=O)O)C(C)(CCCCNC(=S)NCCCCC(C)(CCCOO)c1ccccc1)c1ccccc1. The quantitative estimate of drug-likeness (QED) is 0.0555. The highest BCUT2D eigenvalue weighted by Gasteiger charge is 2.33. The summed E-state index contributed by atoms with van der Waals surface area (Å²) < 4.78 is 0. The summed E-state index contributed by atoms with van der Waals surface area (Å²) in [6, 6.07) is 20.3. The van der Waals surface area contributed by atoms with Gasteiger partial charge in [0, 0.05) is 24.1 Å². The molecule has 0 saturated heterocycles. The van der Waals surface area contributed by atoms with E-state index in [0.29, 0.717) is 18.1 Å². The van der Waals surface area contributed by atoms with Crippen molar-refractivity contribution in [2.45, 2.75) is 76.0 Å². The molecule has 4 N–H and O–H groups in total. The van der Waals surface area contributed by atoms with Crippen LogP contribution in [-0.4, -0.2) is 41.1 Å². The van der Waals surface area contributed by atoms with Gasteiger partial charge in [-0.25, -0.2) is 9.68 Å². The normalized spacial score (nSPS) is 14.2. The van der Waals surface area contributed by atoms with Gasteiger partial charge in [-0.05, 0) is 67.3 Å². The van der Waals surface area contributed by atoms with E-state index >= 15 is 0 Å². The zero-order valence-electron chi connectivity index (χ0n) is 22.9. The van der Waals surface area contributed by atoms with E-state index < -0.39 is 11.4 Å². The van der Waals surface area contributed by atoms with Gasteiger partial charge in [0.15, 0.2) is 5.11 Å². The molecule has 0 amide bonds. The average molecular weight is 541 g/mol. The highest BCUT2D eigenvalue weighted by atomic mass is 32.1. The molecular weight excluding hydrogens is 496 g/mol. The second-order valence-electron chi connectivity index (χ2n) is 10.4. The number of thiocarbonyl (C=S) groups is 1. The lowest BCUT2D eigenvalue weighted by Gasteiger charge is -2.30. The summed E-state index contributed by atoms with van der Waals surface area (Å²) in [5.41, 5.74) is 1.95. The fraction of sp³-hybridized carbons (Fsp3) is 0.484. The molecular formula is C31H44N2O4S. The number of hydrogen-bond acceptors (Lipinski definition) is 4. The molecule has 0 heterocycles. The van der Waals surface area contributed by atoms with Gasteiger partial charge in [-0.3, -0.25) is 5.26 Å². The molecule has 0 aliphatic heterocycles. The standard InChI is InChI=1S/C31H44N2O4S/c1-25(28(34)35)31(3,27-17-8-5-9-18-27)21-11-13-23-33-29(38)32-22-12-10-19-30(2,20-14-24-37-36)26-15-6-4-7-16-26/h4-9,15-18,36H,1,10-14,19-24H2,2-3H3,(H,34,35)(H2,32,33,38). The van der Waals surface area contributed by atoms with Crippen LogP contribution in [0.25, 0.3) is 0 Å². The number of benzene rings is 2. The number of rotatable bonds is 18. The number of carbonyl (C=O) groups is 1. The van der Waals surface area contributed by atoms with Gasteiger partial charge < -0.3 is 15.7 Å². The molecule has 38 heavy (non-hydrogen) atoms. The Morgan fingerprint density at radius 2 is 1.34 bits per heavy atom. The van der Waals surface area contributed by atoms with Crippen LogP contribution in [0.3, 0.4) is 0 Å². The van der Waals surface area contributed by atoms with Gasteiger partial charge in [0.2, 0.25) is 0 Å². The van der Waals surface area contributed by atoms with Crippen LogP contribution in [0.5, 0.6) is 0 Å². The van der Waals surface area contributed by atoms with Crippen molar-refractivity contribution in [2.75, 3.05) is 19.7 Å². The summed E-state index contributed by atoms with van der Waals surface area (Å²) in [5, 5.41) is 25.5. The predicted molar refractivity (Wildman–Crippen MR) is 158 cm³/mol. The molecule has 2 aromatic rings. The van der Waals surface area contributed by atoms with Crippen molar-refractivity contribution in [1.82, 2.24) is 10.6 Å². The van der Waals surface area contributed by atoms with Crippen molar-refractivity contribution in [3.63, 3.8) is 0 Å². The molecule has 208 valence electrons. The van der Waals surface area contributed by atoms with Crippen molar-refractivity contribution in [3.05, 3.63) is 83.9 Å². The van der Waals surface area contributed by atoms with Gasteiger partial charge in [0.1, 0.15) is 0 Å². The van der Waals surface area contributed by atoms with E-state index in [1.54, 1.807) is 0 Å². The smallest absolute Gasteiger partial charge is 0.331 e. The molecule has 2 unspecified atom stereocenters. The van der Waals surface area contributed by atoms with Crippen molar-refractivity contribution >= 4 is 23.3 Å². The zero-order valence-corrected chi connectivity index (χ0v) is 23.7. The Balaban J connectivity index is 1.70. The summed E-state index contributed by atoms with van der Waals surface area (Å²) in [6.07, 6.45) is 7.31. The van der Waals surface area contributed by atoms with Crippen molar-refractivity contribution in [2.24, 2.45) is 0 Å². The Morgan fingerprint density at radius 3 is 1.87 bits per heavy atom. The third-order valence-electron chi connectivity index (χ3n) is 7.60. The number of hydrogen-bond donors (Lipinski definition) is 4. The molecule has 0 spiro atoms. The monoisotopic (exact) mass is 540 g/mol. The molecule has 0 radical (unpaired) electrons. The maximum Gasteiger partial charge on any atom is 0.331 e. The van der Waals surface area contributed by atoms with Gasteiger partial charge in [0.25, 0.3) is 0 Å². The van der Waals surface area contributed by atoms with Gasteiger partial charge in [-0.1, -0.05) is 93.9 Å². The molecule has 2 aromatic carbocycles. The Labute approximate surface area is 233 Å². The molecule has 0 aliphatic rings. The molecule has 0 aromatic heterocycles. The number of nitrogens with one attached hydrogen (secondary N) is 2. The van der Waals surface area contributed by atoms with Gasteiger partial charge in [0.05, 0.1) is 6.61 Å². The molecule has 0 saturated carbocycles. The summed E-state index contributed by atoms with van der Waals surface area (Å²) in [6.45, 7) is 10.0. The zero-order chi connectivity index (χ0) is 27.9. The lowest BCUT2D eigenvalue weighted by Crippen LogP contribution is -2.36. The average Bonchev–Trinajstić information content (AvgIpc) is 2.93. The van der Waals surface area contributed by atoms with E-state index in [1.165, 1.54) is 5.56 Å². The molecule has 7 heteroatoms. The summed E-state index contributed by atoms with van der Waals surface area (Å²) >= 11 is 5.45. The van der Waals surface area contributed by atoms with E-state index in [9.17, 15) is 9.90 Å². The lowest BCUT2D eigenvalue weighted by atomic mass is 9.73. The van der Waals surface area contributed by atoms with E-state index in [0.717, 1.165) is 63.6 Å². The van der Waals surface area contributed by atoms with Crippen LogP contribution in [0.15, 0.2) is 72.8 Å². The van der Waals surface area contributed by atoms with Crippen LogP contribution in [0.1, 0.15) is 76.3 Å². The fourth-order valence-electron chi connectivity index (χ4n) is 5.00. The Morgan fingerprint density at radius 1 is 0.842 bits per heavy atom. The maximum absolute atomic E-state index is 11.7. The second-order valence-corrected chi connectivity index (χ2v) is 10.9. The summed E-state index contributed by atoms with van der Waals surface area (Å²) in [5.74, 6) is -0.955. The van der Waals surface area contributed by atoms with Crippen molar-refractivity contribution < 1.29 is 20.0 Å². The first kappa shape index (κ1) is 31.5. The van der Waals surface area contributed by atoms with Crippen LogP contribution < -0.4 is 10.6 Å². The fourth-order valence-corrected chi connectivity index (χ4v) is 5.21. The van der Waals surface area contributed by atoms with E-state index in [-0.39, 0.29) is 11.0 Å². The topological polar surface area (TPSA) is 90.8 Å². The first-order chi connectivity index (χ1) is 18.2. The van der Waals surface area contributed by atoms with Crippen LogP contribution in [0.2, 0.25) is 0 Å². The Bertz CT molecular complexity index is 1000. The Hall–Kier alpha value is -2.74. The highest BCUT2D eigenvalue weighted by Crippen LogP contribution is 2.36. The van der Waals surface area contributed by atoms with Crippen LogP contribution >= 0.6 is 12.2 Å². The first-order valence-corrected chi connectivity index (χ1v) is 14.0. The van der Waals surface area contributed by atoms with Crippen LogP contribution in [-0.2, 0) is 20.5 Å². The van der Waals surface area contributed by atoms with Gasteiger partial charge >= 0.3 is 5.97 Å². The molecule has 0 fully saturated rings. The van der Waals surface area contributed by atoms with Gasteiger partial charge in [-0.15, -0.1) is 0 Å². The molecule has 6 nitrogen and oxygen atoms in total. The number of carboxylic acid groups (broad SMARTS) is 1. The lowest BCUT2D eigenvalue weighted by molar-refractivity contribution is -0.243. The number of unbranched alkanes of at least 4 members (excludes halogenated alkanes) is 2. The molecule has 0 aliphatic carbocycles. The minimum atomic E-state index is -0.955. The number of aliphatic carboxylic acids is 1. The molecule has 0 bridgehead atoms. The number of carboxylic acids is 1. The first-order valence-electron chi connectivity index (χ1n) is 13.5. The van der Waals surface area contributed by atoms with Crippen LogP contribution in [0, 0.1) is 0 Å². The summed E-state index contributed by atoms with van der Waals surface area (Å²) in [4.78, 5) is 16.0. The van der Waals surface area contributed by atoms with Crippen molar-refractivity contribution in [1.29, 1.82) is 0 Å². The molecule has 2 atom stereocenters. The highest BCUT2D eigenvalue weighted by molar-refractivity contribution is 7.80.